The van der Waals surface area contributed by atoms with Crippen LogP contribution in [0.15, 0.2) is 40.9 Å². The fourth-order valence-electron chi connectivity index (χ4n) is 1.30. The molecule has 2 aromatic rings. The normalized spacial score (nSPS) is 11.4. The van der Waals surface area contributed by atoms with Gasteiger partial charge in [0.25, 0.3) is 5.88 Å². The molecule has 96 valence electrons. The van der Waals surface area contributed by atoms with Gasteiger partial charge in [0, 0.05) is 19.8 Å². The van der Waals surface area contributed by atoms with E-state index < -0.39 is 7.82 Å². The second-order valence-electron chi connectivity index (χ2n) is 3.30. The zero-order valence-corrected chi connectivity index (χ0v) is 10.8. The lowest BCUT2D eigenvalue weighted by atomic mass is 10.2. The van der Waals surface area contributed by atoms with Crippen molar-refractivity contribution in [2.24, 2.45) is 0 Å². The summed E-state index contributed by atoms with van der Waals surface area (Å²) in [5.74, 6) is 0.547. The van der Waals surface area contributed by atoms with E-state index in [0.29, 0.717) is 5.76 Å². The topological polar surface area (TPSA) is 70.8 Å². The minimum Gasteiger partial charge on any atom is -0.382 e. The number of hydrogen-bond donors (Lipinski definition) is 0. The summed E-state index contributed by atoms with van der Waals surface area (Å²) in [6.45, 7) is 0. The van der Waals surface area contributed by atoms with E-state index in [-0.39, 0.29) is 5.88 Å². The molecule has 1 heterocycles. The molecule has 0 amide bonds. The van der Waals surface area contributed by atoms with Crippen molar-refractivity contribution in [3.05, 3.63) is 36.4 Å². The summed E-state index contributed by atoms with van der Waals surface area (Å²) in [4.78, 5) is 0. The van der Waals surface area contributed by atoms with Gasteiger partial charge in [0.2, 0.25) is 0 Å². The van der Waals surface area contributed by atoms with Crippen LogP contribution in [0.4, 0.5) is 0 Å². The molecule has 2 rings (SSSR count). The number of rotatable bonds is 5. The van der Waals surface area contributed by atoms with Crippen LogP contribution in [0, 0.1) is 0 Å². The Morgan fingerprint density at radius 2 is 1.83 bits per heavy atom. The van der Waals surface area contributed by atoms with Crippen LogP contribution in [-0.2, 0) is 13.6 Å². The van der Waals surface area contributed by atoms with Gasteiger partial charge in [-0.3, -0.25) is 9.05 Å². The Balaban J connectivity index is 2.19. The summed E-state index contributed by atoms with van der Waals surface area (Å²) in [6, 6.07) is 10.9. The summed E-state index contributed by atoms with van der Waals surface area (Å²) >= 11 is 0. The highest BCUT2D eigenvalue weighted by Crippen LogP contribution is 2.47. The van der Waals surface area contributed by atoms with E-state index in [1.807, 2.05) is 30.3 Å². The third kappa shape index (κ3) is 2.79. The van der Waals surface area contributed by atoms with Crippen LogP contribution in [0.3, 0.4) is 0 Å². The van der Waals surface area contributed by atoms with Gasteiger partial charge in [0.15, 0.2) is 5.76 Å². The van der Waals surface area contributed by atoms with Crippen molar-refractivity contribution < 1.29 is 22.7 Å². The number of phosphoric acid groups is 1. The van der Waals surface area contributed by atoms with Crippen molar-refractivity contribution >= 4 is 7.82 Å². The molecule has 6 nitrogen and oxygen atoms in total. The molecule has 0 unspecified atom stereocenters. The monoisotopic (exact) mass is 269 g/mol. The molecule has 0 aliphatic carbocycles. The molecule has 1 aromatic heterocycles. The van der Waals surface area contributed by atoms with Crippen LogP contribution in [0.1, 0.15) is 0 Å². The molecule has 0 saturated heterocycles. The van der Waals surface area contributed by atoms with Crippen molar-refractivity contribution in [2.75, 3.05) is 14.2 Å². The van der Waals surface area contributed by atoms with Crippen LogP contribution in [0.2, 0.25) is 0 Å². The first kappa shape index (κ1) is 12.8. The Labute approximate surface area is 104 Å². The number of aromatic nitrogens is 1. The Kier molecular flexibility index (Phi) is 3.81. The molecule has 0 radical (unpaired) electrons. The number of phosphoric ester groups is 1. The minimum atomic E-state index is -3.60. The van der Waals surface area contributed by atoms with Crippen molar-refractivity contribution in [1.82, 2.24) is 5.16 Å². The molecule has 0 spiro atoms. The third-order valence-corrected chi connectivity index (χ3v) is 3.50. The van der Waals surface area contributed by atoms with E-state index in [1.54, 1.807) is 0 Å². The second-order valence-corrected chi connectivity index (χ2v) is 5.11. The minimum absolute atomic E-state index is 0.0425. The van der Waals surface area contributed by atoms with E-state index >= 15 is 0 Å². The summed E-state index contributed by atoms with van der Waals surface area (Å²) in [5, 5.41) is 3.64. The molecule has 0 fully saturated rings. The predicted octanol–water partition coefficient (Wildman–Crippen LogP) is 3.12. The zero-order valence-electron chi connectivity index (χ0n) is 9.90. The zero-order chi connectivity index (χ0) is 13.0. The highest BCUT2D eigenvalue weighted by molar-refractivity contribution is 7.48. The van der Waals surface area contributed by atoms with Gasteiger partial charge in [-0.05, 0) is 5.16 Å². The maximum atomic E-state index is 11.7. The molecular formula is C11H12NO5P. The predicted molar refractivity (Wildman–Crippen MR) is 64.2 cm³/mol. The van der Waals surface area contributed by atoms with Crippen molar-refractivity contribution in [3.63, 3.8) is 0 Å². The van der Waals surface area contributed by atoms with Gasteiger partial charge in [-0.15, -0.1) is 0 Å². The molecule has 0 atom stereocenters. The van der Waals surface area contributed by atoms with Gasteiger partial charge >= 0.3 is 7.82 Å². The highest BCUT2D eigenvalue weighted by Gasteiger charge is 2.26. The Morgan fingerprint density at radius 1 is 1.17 bits per heavy atom. The van der Waals surface area contributed by atoms with Gasteiger partial charge in [0.1, 0.15) is 0 Å². The lowest BCUT2D eigenvalue weighted by Crippen LogP contribution is -1.96. The Bertz CT molecular complexity index is 546. The van der Waals surface area contributed by atoms with Gasteiger partial charge < -0.3 is 9.05 Å². The summed E-state index contributed by atoms with van der Waals surface area (Å²) in [6.07, 6.45) is 0. The maximum absolute atomic E-state index is 11.7. The molecule has 7 heteroatoms. The molecule has 0 N–H and O–H groups in total. The summed E-state index contributed by atoms with van der Waals surface area (Å²) < 4.78 is 31.1. The fraction of sp³-hybridized carbons (Fsp3) is 0.182. The molecule has 0 aliphatic rings. The van der Waals surface area contributed by atoms with Crippen LogP contribution in [0.25, 0.3) is 11.3 Å². The van der Waals surface area contributed by atoms with E-state index in [4.69, 9.17) is 9.05 Å². The molecule has 0 saturated carbocycles. The fourth-order valence-corrected chi connectivity index (χ4v) is 1.92. The average Bonchev–Trinajstić information content (AvgIpc) is 2.88. The summed E-state index contributed by atoms with van der Waals surface area (Å²) in [5.41, 5.74) is 0.838. The molecule has 18 heavy (non-hydrogen) atoms. The van der Waals surface area contributed by atoms with Crippen molar-refractivity contribution in [1.29, 1.82) is 0 Å². The molecule has 1 aromatic carbocycles. The van der Waals surface area contributed by atoms with Crippen LogP contribution >= 0.6 is 7.82 Å². The molecular weight excluding hydrogens is 257 g/mol. The Morgan fingerprint density at radius 3 is 2.44 bits per heavy atom. The van der Waals surface area contributed by atoms with Crippen molar-refractivity contribution in [3.8, 4) is 17.2 Å². The Hall–Kier alpha value is -1.62. The quantitative estimate of drug-likeness (QED) is 0.776. The van der Waals surface area contributed by atoms with Gasteiger partial charge in [-0.25, -0.2) is 4.57 Å². The first-order valence-electron chi connectivity index (χ1n) is 5.10. The second kappa shape index (κ2) is 5.35. The lowest BCUT2D eigenvalue weighted by Gasteiger charge is -2.10. The van der Waals surface area contributed by atoms with E-state index in [9.17, 15) is 4.57 Å². The average molecular weight is 269 g/mol. The smallest absolute Gasteiger partial charge is 0.382 e. The lowest BCUT2D eigenvalue weighted by molar-refractivity contribution is 0.205. The number of benzene rings is 1. The van der Waals surface area contributed by atoms with E-state index in [1.165, 1.54) is 20.3 Å². The molecule has 0 bridgehead atoms. The third-order valence-electron chi connectivity index (χ3n) is 2.20. The largest absolute Gasteiger partial charge is 0.530 e. The van der Waals surface area contributed by atoms with E-state index in [2.05, 4.69) is 14.2 Å². The van der Waals surface area contributed by atoms with Crippen molar-refractivity contribution in [2.45, 2.75) is 0 Å². The van der Waals surface area contributed by atoms with E-state index in [0.717, 1.165) is 5.56 Å². The maximum Gasteiger partial charge on any atom is 0.530 e. The summed E-state index contributed by atoms with van der Waals surface area (Å²) in [7, 11) is -1.15. The molecule has 0 aliphatic heterocycles. The van der Waals surface area contributed by atoms with Crippen LogP contribution in [-0.4, -0.2) is 19.4 Å². The number of nitrogens with zero attached hydrogens (tertiary/aromatic N) is 1. The van der Waals surface area contributed by atoms with Crippen LogP contribution < -0.4 is 4.52 Å². The number of hydrogen-bond acceptors (Lipinski definition) is 6. The van der Waals surface area contributed by atoms with Gasteiger partial charge in [-0.1, -0.05) is 30.3 Å². The first-order valence-corrected chi connectivity index (χ1v) is 6.56. The first-order chi connectivity index (χ1) is 8.67. The standard InChI is InChI=1S/C11H12NO5P/c1-14-18(13,15-2)17-11-8-10(16-12-11)9-6-4-3-5-7-9/h3-8H,1-2H3. The van der Waals surface area contributed by atoms with Gasteiger partial charge in [-0.2, -0.15) is 0 Å². The highest BCUT2D eigenvalue weighted by atomic mass is 31.2. The van der Waals surface area contributed by atoms with Gasteiger partial charge in [0.05, 0.1) is 6.07 Å². The SMILES string of the molecule is COP(=O)(OC)Oc1cc(-c2ccccc2)on1. The van der Waals surface area contributed by atoms with Crippen LogP contribution in [0.5, 0.6) is 5.88 Å².